The van der Waals surface area contributed by atoms with Gasteiger partial charge in [0.15, 0.2) is 0 Å². The van der Waals surface area contributed by atoms with E-state index in [0.29, 0.717) is 0 Å². The molecule has 0 bridgehead atoms. The Bertz CT molecular complexity index is 558. The Morgan fingerprint density at radius 3 is 2.60 bits per heavy atom. The molecule has 0 radical (unpaired) electrons. The summed E-state index contributed by atoms with van der Waals surface area (Å²) >= 11 is 0. The van der Waals surface area contributed by atoms with Crippen LogP contribution in [0.5, 0.6) is 0 Å². The van der Waals surface area contributed by atoms with Crippen LogP contribution in [0.3, 0.4) is 0 Å². The third-order valence-corrected chi connectivity index (χ3v) is 4.50. The molecule has 0 unspecified atom stereocenters. The van der Waals surface area contributed by atoms with E-state index in [0.717, 1.165) is 19.0 Å². The second kappa shape index (κ2) is 6.38. The van der Waals surface area contributed by atoms with Crippen molar-refractivity contribution < 1.29 is 0 Å². The minimum Gasteiger partial charge on any atom is -0.317 e. The summed E-state index contributed by atoms with van der Waals surface area (Å²) in [6.07, 6.45) is 3.72. The minimum absolute atomic E-state index is 0.761. The highest BCUT2D eigenvalue weighted by atomic mass is 15.1. The van der Waals surface area contributed by atoms with Crippen molar-refractivity contribution >= 4 is 10.8 Å². The van der Waals surface area contributed by atoms with Gasteiger partial charge in [0.05, 0.1) is 0 Å². The first-order valence-electron chi connectivity index (χ1n) is 7.71. The van der Waals surface area contributed by atoms with Gasteiger partial charge in [-0.1, -0.05) is 42.5 Å². The molecule has 0 amide bonds. The number of likely N-dealkylation sites (N-methyl/N-ethyl adjacent to an activating group) is 1. The zero-order valence-electron chi connectivity index (χ0n) is 12.3. The fourth-order valence-electron chi connectivity index (χ4n) is 3.13. The van der Waals surface area contributed by atoms with Crippen molar-refractivity contribution in [3.05, 3.63) is 48.0 Å². The molecule has 106 valence electrons. The van der Waals surface area contributed by atoms with Crippen LogP contribution in [0.2, 0.25) is 0 Å². The Morgan fingerprint density at radius 1 is 1.05 bits per heavy atom. The summed E-state index contributed by atoms with van der Waals surface area (Å²) in [5, 5.41) is 6.13. The van der Waals surface area contributed by atoms with E-state index < -0.39 is 0 Å². The molecule has 1 fully saturated rings. The number of nitrogens with zero attached hydrogens (tertiary/aromatic N) is 1. The van der Waals surface area contributed by atoms with Crippen molar-refractivity contribution in [3.63, 3.8) is 0 Å². The van der Waals surface area contributed by atoms with Crippen molar-refractivity contribution in [1.82, 2.24) is 10.2 Å². The Balaban J connectivity index is 1.61. The summed E-state index contributed by atoms with van der Waals surface area (Å²) in [5.74, 6) is 0. The van der Waals surface area contributed by atoms with Crippen molar-refractivity contribution in [2.24, 2.45) is 0 Å². The molecule has 0 atom stereocenters. The van der Waals surface area contributed by atoms with E-state index in [-0.39, 0.29) is 0 Å². The molecular weight excluding hydrogens is 244 g/mol. The lowest BCUT2D eigenvalue weighted by atomic mass is 10.0. The molecule has 1 aliphatic rings. The van der Waals surface area contributed by atoms with Gasteiger partial charge in [-0.15, -0.1) is 0 Å². The van der Waals surface area contributed by atoms with Crippen LogP contribution in [0.15, 0.2) is 42.5 Å². The molecule has 1 heterocycles. The van der Waals surface area contributed by atoms with Crippen LogP contribution in [0.25, 0.3) is 10.8 Å². The predicted molar refractivity (Wildman–Crippen MR) is 86.2 cm³/mol. The largest absolute Gasteiger partial charge is 0.317 e. The Hall–Kier alpha value is -1.38. The lowest BCUT2D eigenvalue weighted by Crippen LogP contribution is -2.41. The molecule has 2 nitrogen and oxygen atoms in total. The third-order valence-electron chi connectivity index (χ3n) is 4.50. The molecule has 0 aromatic heterocycles. The van der Waals surface area contributed by atoms with Gasteiger partial charge in [0, 0.05) is 12.6 Å². The van der Waals surface area contributed by atoms with Crippen LogP contribution >= 0.6 is 0 Å². The zero-order chi connectivity index (χ0) is 13.8. The molecule has 0 saturated carbocycles. The van der Waals surface area contributed by atoms with Crippen LogP contribution in [-0.2, 0) is 6.42 Å². The maximum absolute atomic E-state index is 3.44. The Morgan fingerprint density at radius 2 is 1.80 bits per heavy atom. The lowest BCUT2D eigenvalue weighted by molar-refractivity contribution is 0.201. The number of nitrogens with one attached hydrogen (secondary N) is 1. The molecule has 2 aromatic rings. The van der Waals surface area contributed by atoms with Crippen LogP contribution in [-0.4, -0.2) is 37.6 Å². The highest BCUT2D eigenvalue weighted by Gasteiger charge is 2.17. The van der Waals surface area contributed by atoms with Crippen molar-refractivity contribution in [2.45, 2.75) is 25.3 Å². The SMILES string of the molecule is CN(CCc1ccc2ccccc2c1)C1CCNCC1. The number of fused-ring (bicyclic) bond motifs is 1. The molecule has 0 aliphatic carbocycles. The fraction of sp³-hybridized carbons (Fsp3) is 0.444. The minimum atomic E-state index is 0.761. The summed E-state index contributed by atoms with van der Waals surface area (Å²) in [6.45, 7) is 3.50. The number of hydrogen-bond acceptors (Lipinski definition) is 2. The summed E-state index contributed by atoms with van der Waals surface area (Å²) in [5.41, 5.74) is 1.45. The molecule has 20 heavy (non-hydrogen) atoms. The van der Waals surface area contributed by atoms with Gasteiger partial charge in [-0.3, -0.25) is 0 Å². The van der Waals surface area contributed by atoms with E-state index in [1.54, 1.807) is 0 Å². The van der Waals surface area contributed by atoms with Crippen LogP contribution in [0.4, 0.5) is 0 Å². The van der Waals surface area contributed by atoms with E-state index >= 15 is 0 Å². The maximum atomic E-state index is 3.44. The van der Waals surface area contributed by atoms with E-state index in [4.69, 9.17) is 0 Å². The highest BCUT2D eigenvalue weighted by Crippen LogP contribution is 2.17. The molecule has 0 spiro atoms. The topological polar surface area (TPSA) is 15.3 Å². The first-order valence-corrected chi connectivity index (χ1v) is 7.71. The normalized spacial score (nSPS) is 16.9. The highest BCUT2D eigenvalue weighted by molar-refractivity contribution is 5.82. The molecule has 2 aromatic carbocycles. The second-order valence-electron chi connectivity index (χ2n) is 5.89. The van der Waals surface area contributed by atoms with Gasteiger partial charge in [0.1, 0.15) is 0 Å². The second-order valence-corrected chi connectivity index (χ2v) is 5.89. The molecular formula is C18H24N2. The Labute approximate surface area is 121 Å². The van der Waals surface area contributed by atoms with E-state index in [1.165, 1.54) is 42.3 Å². The first-order chi connectivity index (χ1) is 9.83. The van der Waals surface area contributed by atoms with E-state index in [9.17, 15) is 0 Å². The molecule has 1 saturated heterocycles. The number of hydrogen-bond donors (Lipinski definition) is 1. The Kier molecular flexibility index (Phi) is 4.34. The average molecular weight is 268 g/mol. The standard InChI is InChI=1S/C18H24N2/c1-20(18-8-11-19-12-9-18)13-10-15-6-7-16-4-2-3-5-17(16)14-15/h2-7,14,18-19H,8-13H2,1H3. The number of rotatable bonds is 4. The monoisotopic (exact) mass is 268 g/mol. The van der Waals surface area contributed by atoms with Gasteiger partial charge in [-0.25, -0.2) is 0 Å². The van der Waals surface area contributed by atoms with Gasteiger partial charge in [-0.2, -0.15) is 0 Å². The first kappa shape index (κ1) is 13.6. The van der Waals surface area contributed by atoms with Gasteiger partial charge in [0.25, 0.3) is 0 Å². The van der Waals surface area contributed by atoms with Crippen molar-refractivity contribution in [3.8, 4) is 0 Å². The molecule has 3 rings (SSSR count). The summed E-state index contributed by atoms with van der Waals surface area (Å²) in [4.78, 5) is 2.54. The zero-order valence-corrected chi connectivity index (χ0v) is 12.3. The third kappa shape index (κ3) is 3.20. The van der Waals surface area contributed by atoms with Crippen LogP contribution in [0, 0.1) is 0 Å². The summed E-state index contributed by atoms with van der Waals surface area (Å²) in [6, 6.07) is 16.2. The number of piperidine rings is 1. The summed E-state index contributed by atoms with van der Waals surface area (Å²) in [7, 11) is 2.27. The van der Waals surface area contributed by atoms with Gasteiger partial charge in [-0.05, 0) is 55.7 Å². The van der Waals surface area contributed by atoms with Crippen molar-refractivity contribution in [2.75, 3.05) is 26.7 Å². The van der Waals surface area contributed by atoms with E-state index in [1.807, 2.05) is 0 Å². The summed E-state index contributed by atoms with van der Waals surface area (Å²) < 4.78 is 0. The smallest absolute Gasteiger partial charge is 0.0116 e. The molecule has 1 aliphatic heterocycles. The van der Waals surface area contributed by atoms with Gasteiger partial charge < -0.3 is 10.2 Å². The van der Waals surface area contributed by atoms with Gasteiger partial charge >= 0.3 is 0 Å². The quantitative estimate of drug-likeness (QED) is 0.917. The van der Waals surface area contributed by atoms with Crippen LogP contribution in [0.1, 0.15) is 18.4 Å². The maximum Gasteiger partial charge on any atom is 0.0116 e. The van der Waals surface area contributed by atoms with E-state index in [2.05, 4.69) is 59.7 Å². The van der Waals surface area contributed by atoms with Gasteiger partial charge in [0.2, 0.25) is 0 Å². The van der Waals surface area contributed by atoms with Crippen LogP contribution < -0.4 is 5.32 Å². The average Bonchev–Trinajstić information content (AvgIpc) is 2.53. The number of benzene rings is 2. The predicted octanol–water partition coefficient (Wildman–Crippen LogP) is 3.07. The molecule has 1 N–H and O–H groups in total. The van der Waals surface area contributed by atoms with Crippen molar-refractivity contribution in [1.29, 1.82) is 0 Å². The lowest BCUT2D eigenvalue weighted by Gasteiger charge is -2.31. The fourth-order valence-corrected chi connectivity index (χ4v) is 3.13. The molecule has 2 heteroatoms.